The van der Waals surface area contributed by atoms with Crippen LogP contribution >= 0.6 is 0 Å². The fourth-order valence-electron chi connectivity index (χ4n) is 1.85. The van der Waals surface area contributed by atoms with Crippen LogP contribution in [0.1, 0.15) is 12.6 Å². The van der Waals surface area contributed by atoms with Crippen molar-refractivity contribution in [2.45, 2.75) is 24.4 Å². The van der Waals surface area contributed by atoms with Crippen LogP contribution in [0.3, 0.4) is 0 Å². The Kier molecular flexibility index (Phi) is 3.04. The normalized spacial score (nSPS) is 31.2. The molecule has 0 aliphatic carbocycles. The highest BCUT2D eigenvalue weighted by molar-refractivity contribution is 5.11. The zero-order chi connectivity index (χ0) is 13.3. The number of aliphatic hydroxyl groups excluding tert-OH is 2. The number of aromatic nitrogens is 2. The maximum absolute atomic E-state index is 11.5. The summed E-state index contributed by atoms with van der Waals surface area (Å²) in [4.78, 5) is 24.5. The number of aromatic amines is 1. The lowest BCUT2D eigenvalue weighted by molar-refractivity contribution is -0.0925. The first-order chi connectivity index (χ1) is 8.52. The average Bonchev–Trinajstić information content (AvgIpc) is 2.67. The summed E-state index contributed by atoms with van der Waals surface area (Å²) in [5, 5.41) is 27.8. The molecule has 18 heavy (non-hydrogen) atoms. The van der Waals surface area contributed by atoms with E-state index in [4.69, 9.17) is 15.1 Å². The fraction of sp³-hybridized carbons (Fsp3) is 0.500. The number of nitrogens with one attached hydrogen (secondary N) is 1. The Bertz CT molecular complexity index is 601. The van der Waals surface area contributed by atoms with Crippen LogP contribution in [0.15, 0.2) is 21.9 Å². The molecule has 3 N–H and O–H groups in total. The van der Waals surface area contributed by atoms with Crippen molar-refractivity contribution in [2.75, 3.05) is 6.61 Å². The van der Waals surface area contributed by atoms with Gasteiger partial charge in [0.1, 0.15) is 18.4 Å². The molecule has 1 aromatic rings. The zero-order valence-electron chi connectivity index (χ0n) is 9.24. The second kappa shape index (κ2) is 4.38. The van der Waals surface area contributed by atoms with Crippen molar-refractivity contribution in [1.29, 1.82) is 5.26 Å². The van der Waals surface area contributed by atoms with Gasteiger partial charge in [-0.25, -0.2) is 4.79 Å². The molecule has 1 fully saturated rings. The molecule has 0 bridgehead atoms. The Hall–Kier alpha value is -1.95. The van der Waals surface area contributed by atoms with Crippen molar-refractivity contribution in [3.05, 3.63) is 33.1 Å². The predicted octanol–water partition coefficient (Wildman–Crippen LogP) is -1.93. The van der Waals surface area contributed by atoms with Gasteiger partial charge in [-0.1, -0.05) is 0 Å². The standard InChI is InChI=1S/C10H11N3O5/c11-4-10(5-14)6(15)3-8(18-10)13-2-1-7(16)12-9(13)17/h1-2,6,8,14-15H,3,5H2,(H,12,16,17)/t6-,8+,10+/m0/s1. The number of rotatable bonds is 2. The third-order valence-electron chi connectivity index (χ3n) is 2.90. The first-order valence-electron chi connectivity index (χ1n) is 5.22. The Morgan fingerprint density at radius 3 is 2.89 bits per heavy atom. The van der Waals surface area contributed by atoms with E-state index in [1.165, 1.54) is 6.20 Å². The highest BCUT2D eigenvalue weighted by Gasteiger charge is 2.49. The van der Waals surface area contributed by atoms with Crippen molar-refractivity contribution < 1.29 is 14.9 Å². The third kappa shape index (κ3) is 1.84. The molecule has 0 unspecified atom stereocenters. The van der Waals surface area contributed by atoms with E-state index in [0.717, 1.165) is 10.6 Å². The monoisotopic (exact) mass is 253 g/mol. The molecule has 2 heterocycles. The van der Waals surface area contributed by atoms with E-state index < -0.39 is 35.8 Å². The summed E-state index contributed by atoms with van der Waals surface area (Å²) in [7, 11) is 0. The lowest BCUT2D eigenvalue weighted by atomic mass is 10.00. The van der Waals surface area contributed by atoms with Gasteiger partial charge in [0.15, 0.2) is 0 Å². The Morgan fingerprint density at radius 1 is 1.67 bits per heavy atom. The summed E-state index contributed by atoms with van der Waals surface area (Å²) < 4.78 is 6.30. The van der Waals surface area contributed by atoms with Gasteiger partial charge in [-0.15, -0.1) is 0 Å². The molecule has 96 valence electrons. The van der Waals surface area contributed by atoms with Gasteiger partial charge < -0.3 is 14.9 Å². The predicted molar refractivity (Wildman–Crippen MR) is 57.5 cm³/mol. The van der Waals surface area contributed by atoms with Crippen LogP contribution in [0.5, 0.6) is 0 Å². The first-order valence-corrected chi connectivity index (χ1v) is 5.22. The minimum atomic E-state index is -1.74. The third-order valence-corrected chi connectivity index (χ3v) is 2.90. The number of hydrogen-bond donors (Lipinski definition) is 3. The van der Waals surface area contributed by atoms with Crippen LogP contribution in [0.4, 0.5) is 0 Å². The number of H-pyrrole nitrogens is 1. The molecule has 0 radical (unpaired) electrons. The van der Waals surface area contributed by atoms with Gasteiger partial charge >= 0.3 is 5.69 Å². The number of ether oxygens (including phenoxy) is 1. The zero-order valence-corrected chi connectivity index (χ0v) is 9.24. The summed E-state index contributed by atoms with van der Waals surface area (Å²) in [6.45, 7) is -0.681. The molecule has 8 nitrogen and oxygen atoms in total. The van der Waals surface area contributed by atoms with Crippen LogP contribution in [-0.4, -0.2) is 38.1 Å². The highest BCUT2D eigenvalue weighted by atomic mass is 16.6. The molecule has 1 saturated heterocycles. The van der Waals surface area contributed by atoms with Gasteiger partial charge in [0.2, 0.25) is 5.60 Å². The van der Waals surface area contributed by atoms with E-state index >= 15 is 0 Å². The summed E-state index contributed by atoms with van der Waals surface area (Å²) in [5.41, 5.74) is -2.99. The summed E-state index contributed by atoms with van der Waals surface area (Å²) in [5.74, 6) is 0. The molecular weight excluding hydrogens is 242 g/mol. The molecule has 0 aromatic carbocycles. The van der Waals surface area contributed by atoms with Gasteiger partial charge in [-0.05, 0) is 0 Å². The van der Waals surface area contributed by atoms with Crippen LogP contribution in [0.25, 0.3) is 0 Å². The fourth-order valence-corrected chi connectivity index (χ4v) is 1.85. The molecular formula is C10H11N3O5. The van der Waals surface area contributed by atoms with Crippen LogP contribution < -0.4 is 11.2 Å². The molecule has 2 rings (SSSR count). The van der Waals surface area contributed by atoms with Gasteiger partial charge in [-0.2, -0.15) is 5.26 Å². The highest BCUT2D eigenvalue weighted by Crippen LogP contribution is 2.35. The number of aliphatic hydroxyl groups is 2. The van der Waals surface area contributed by atoms with E-state index in [2.05, 4.69) is 0 Å². The van der Waals surface area contributed by atoms with Crippen molar-refractivity contribution >= 4 is 0 Å². The smallest absolute Gasteiger partial charge is 0.330 e. The minimum absolute atomic E-state index is 0.0277. The molecule has 1 aromatic heterocycles. The second-order valence-electron chi connectivity index (χ2n) is 4.00. The number of nitrogens with zero attached hydrogens (tertiary/aromatic N) is 2. The topological polar surface area (TPSA) is 128 Å². The average molecular weight is 253 g/mol. The molecule has 1 aliphatic rings. The summed E-state index contributed by atoms with van der Waals surface area (Å²) in [6, 6.07) is 2.83. The lowest BCUT2D eigenvalue weighted by Gasteiger charge is -2.21. The van der Waals surface area contributed by atoms with E-state index in [1.54, 1.807) is 6.07 Å². The van der Waals surface area contributed by atoms with Gasteiger partial charge in [0.25, 0.3) is 5.56 Å². The van der Waals surface area contributed by atoms with E-state index in [9.17, 15) is 14.7 Å². The van der Waals surface area contributed by atoms with Crippen LogP contribution in [-0.2, 0) is 4.74 Å². The molecule has 0 spiro atoms. The van der Waals surface area contributed by atoms with Crippen molar-refractivity contribution in [2.24, 2.45) is 0 Å². The number of hydrogen-bond acceptors (Lipinski definition) is 6. The summed E-state index contributed by atoms with van der Waals surface area (Å²) in [6.07, 6.45) is -0.934. The largest absolute Gasteiger partial charge is 0.392 e. The van der Waals surface area contributed by atoms with Crippen molar-refractivity contribution in [3.63, 3.8) is 0 Å². The van der Waals surface area contributed by atoms with E-state index in [-0.39, 0.29) is 6.42 Å². The molecule has 8 heteroatoms. The van der Waals surface area contributed by atoms with Gasteiger partial charge in [0.05, 0.1) is 6.61 Å². The van der Waals surface area contributed by atoms with Crippen LogP contribution in [0, 0.1) is 11.3 Å². The lowest BCUT2D eigenvalue weighted by Crippen LogP contribution is -2.41. The quantitative estimate of drug-likeness (QED) is 0.563. The maximum atomic E-state index is 11.5. The molecule has 1 aliphatic heterocycles. The Balaban J connectivity index is 2.36. The van der Waals surface area contributed by atoms with Crippen LogP contribution in [0.2, 0.25) is 0 Å². The molecule has 3 atom stereocenters. The summed E-state index contributed by atoms with van der Waals surface area (Å²) >= 11 is 0. The van der Waals surface area contributed by atoms with Gasteiger partial charge in [0, 0.05) is 18.7 Å². The SMILES string of the molecule is N#C[C@]1(CO)O[C@@H](n2ccc(=O)[nH]c2=O)C[C@@H]1O. The molecule has 0 amide bonds. The Labute approximate surface area is 101 Å². The minimum Gasteiger partial charge on any atom is -0.392 e. The molecule has 0 saturated carbocycles. The van der Waals surface area contributed by atoms with E-state index in [0.29, 0.717) is 0 Å². The first kappa shape index (κ1) is 12.5. The van der Waals surface area contributed by atoms with E-state index in [1.807, 2.05) is 4.98 Å². The number of nitriles is 1. The maximum Gasteiger partial charge on any atom is 0.330 e. The van der Waals surface area contributed by atoms with Crippen molar-refractivity contribution in [1.82, 2.24) is 9.55 Å². The second-order valence-corrected chi connectivity index (χ2v) is 4.00. The van der Waals surface area contributed by atoms with Gasteiger partial charge in [-0.3, -0.25) is 14.3 Å². The Morgan fingerprint density at radius 2 is 2.39 bits per heavy atom. The van der Waals surface area contributed by atoms with Crippen molar-refractivity contribution in [3.8, 4) is 6.07 Å².